The van der Waals surface area contributed by atoms with E-state index in [-0.39, 0.29) is 0 Å². The second-order valence-electron chi connectivity index (χ2n) is 9.09. The number of hydrogen-bond acceptors (Lipinski definition) is 3. The SMILES string of the molecule is CCC[C@H]1[C@H]2C[C@H](CN(Cc3nccn3C3CC3)C2)[C@@H]2CCCCN21. The van der Waals surface area contributed by atoms with Gasteiger partial charge in [0.25, 0.3) is 0 Å². The number of imidazole rings is 1. The molecule has 1 aromatic rings. The molecule has 4 heteroatoms. The van der Waals surface area contributed by atoms with E-state index in [1.54, 1.807) is 0 Å². The molecule has 4 fully saturated rings. The van der Waals surface area contributed by atoms with E-state index in [1.807, 2.05) is 6.20 Å². The van der Waals surface area contributed by atoms with Crippen LogP contribution in [0, 0.1) is 11.8 Å². The molecular formula is C21H34N4. The Morgan fingerprint density at radius 3 is 2.84 bits per heavy atom. The van der Waals surface area contributed by atoms with Gasteiger partial charge in [-0.1, -0.05) is 19.8 Å². The molecule has 2 bridgehead atoms. The Morgan fingerprint density at radius 2 is 2.00 bits per heavy atom. The summed E-state index contributed by atoms with van der Waals surface area (Å²) in [5.74, 6) is 3.10. The third-order valence-electron chi connectivity index (χ3n) is 7.34. The smallest absolute Gasteiger partial charge is 0.123 e. The third-order valence-corrected chi connectivity index (χ3v) is 7.34. The van der Waals surface area contributed by atoms with Crippen molar-refractivity contribution in [1.29, 1.82) is 0 Å². The summed E-state index contributed by atoms with van der Waals surface area (Å²) in [5, 5.41) is 0. The Kier molecular flexibility index (Phi) is 4.37. The Balaban J connectivity index is 1.34. The molecule has 1 saturated carbocycles. The van der Waals surface area contributed by atoms with Crippen LogP contribution in [0.2, 0.25) is 0 Å². The van der Waals surface area contributed by atoms with E-state index in [1.165, 1.54) is 76.8 Å². The van der Waals surface area contributed by atoms with Gasteiger partial charge in [-0.15, -0.1) is 0 Å². The van der Waals surface area contributed by atoms with Crippen LogP contribution in [0.1, 0.15) is 70.2 Å². The average molecular weight is 343 g/mol. The molecule has 3 aliphatic heterocycles. The van der Waals surface area contributed by atoms with Crippen LogP contribution in [-0.4, -0.2) is 51.1 Å². The van der Waals surface area contributed by atoms with E-state index in [0.717, 1.165) is 36.5 Å². The van der Waals surface area contributed by atoms with Crippen LogP contribution in [0.15, 0.2) is 12.4 Å². The largest absolute Gasteiger partial charge is 0.331 e. The Bertz CT molecular complexity index is 592. The average Bonchev–Trinajstić information content (AvgIpc) is 3.38. The zero-order valence-corrected chi connectivity index (χ0v) is 15.8. The maximum Gasteiger partial charge on any atom is 0.123 e. The minimum atomic E-state index is 0.753. The van der Waals surface area contributed by atoms with Crippen molar-refractivity contribution in [3.05, 3.63) is 18.2 Å². The van der Waals surface area contributed by atoms with Crippen molar-refractivity contribution in [2.75, 3.05) is 19.6 Å². The predicted octanol–water partition coefficient (Wildman–Crippen LogP) is 3.69. The number of rotatable bonds is 5. The molecule has 0 N–H and O–H groups in total. The summed E-state index contributed by atoms with van der Waals surface area (Å²) in [7, 11) is 0. The zero-order chi connectivity index (χ0) is 16.8. The molecule has 0 unspecified atom stereocenters. The summed E-state index contributed by atoms with van der Waals surface area (Å²) in [6.07, 6.45) is 15.5. The molecule has 4 atom stereocenters. The number of likely N-dealkylation sites (tertiary alicyclic amines) is 1. The van der Waals surface area contributed by atoms with Crippen LogP contribution in [0.25, 0.3) is 0 Å². The van der Waals surface area contributed by atoms with Crippen molar-refractivity contribution < 1.29 is 0 Å². The number of aromatic nitrogens is 2. The Hall–Kier alpha value is -0.870. The highest BCUT2D eigenvalue weighted by Crippen LogP contribution is 2.43. The highest BCUT2D eigenvalue weighted by atomic mass is 15.3. The van der Waals surface area contributed by atoms with Gasteiger partial charge in [-0.25, -0.2) is 4.98 Å². The molecular weight excluding hydrogens is 308 g/mol. The second-order valence-corrected chi connectivity index (χ2v) is 9.09. The number of piperidine rings is 3. The van der Waals surface area contributed by atoms with Gasteiger partial charge in [0.05, 0.1) is 6.54 Å². The molecule has 0 aromatic carbocycles. The highest BCUT2D eigenvalue weighted by Gasteiger charge is 2.46. The number of nitrogens with zero attached hydrogens (tertiary/aromatic N) is 4. The Labute approximate surface area is 152 Å². The fourth-order valence-corrected chi connectivity index (χ4v) is 6.18. The molecule has 1 aromatic heterocycles. The lowest BCUT2D eigenvalue weighted by Gasteiger charge is -2.57. The lowest BCUT2D eigenvalue weighted by molar-refractivity contribution is -0.0763. The second kappa shape index (κ2) is 6.70. The van der Waals surface area contributed by atoms with Gasteiger partial charge in [-0.3, -0.25) is 9.80 Å². The summed E-state index contributed by atoms with van der Waals surface area (Å²) in [6.45, 7) is 7.41. The fraction of sp³-hybridized carbons (Fsp3) is 0.857. The zero-order valence-electron chi connectivity index (χ0n) is 15.8. The van der Waals surface area contributed by atoms with Crippen LogP contribution >= 0.6 is 0 Å². The first-order chi connectivity index (χ1) is 12.3. The lowest BCUT2D eigenvalue weighted by Crippen LogP contribution is -2.63. The van der Waals surface area contributed by atoms with E-state index in [9.17, 15) is 0 Å². The van der Waals surface area contributed by atoms with Crippen molar-refractivity contribution in [1.82, 2.24) is 19.4 Å². The minimum Gasteiger partial charge on any atom is -0.331 e. The van der Waals surface area contributed by atoms with Gasteiger partial charge in [0.15, 0.2) is 0 Å². The Morgan fingerprint density at radius 1 is 1.12 bits per heavy atom. The summed E-state index contributed by atoms with van der Waals surface area (Å²) >= 11 is 0. The van der Waals surface area contributed by atoms with Gasteiger partial charge < -0.3 is 4.57 Å². The van der Waals surface area contributed by atoms with Crippen molar-refractivity contribution >= 4 is 0 Å². The predicted molar refractivity (Wildman–Crippen MR) is 100 cm³/mol. The molecule has 3 saturated heterocycles. The maximum absolute atomic E-state index is 4.71. The van der Waals surface area contributed by atoms with Gasteiger partial charge in [-0.2, -0.15) is 0 Å². The standard InChI is InChI=1S/C21H34N4/c1-2-5-19-16-12-17(20-6-3-4-10-25(19)20)14-23(13-16)15-21-22-9-11-24(21)18-7-8-18/h9,11,16-20H,2-8,10,12-15H2,1H3/t16-,17+,19-,20-/m0/s1. The molecule has 4 nitrogen and oxygen atoms in total. The molecule has 5 rings (SSSR count). The van der Waals surface area contributed by atoms with Crippen molar-refractivity contribution in [3.8, 4) is 0 Å². The third kappa shape index (κ3) is 3.06. The normalized spacial score (nSPS) is 36.4. The molecule has 0 spiro atoms. The summed E-state index contributed by atoms with van der Waals surface area (Å²) in [5.41, 5.74) is 0. The van der Waals surface area contributed by atoms with Crippen molar-refractivity contribution in [2.45, 2.75) is 83.0 Å². The van der Waals surface area contributed by atoms with E-state index in [4.69, 9.17) is 4.98 Å². The topological polar surface area (TPSA) is 24.3 Å². The number of hydrogen-bond donors (Lipinski definition) is 0. The first-order valence-corrected chi connectivity index (χ1v) is 10.8. The molecule has 4 heterocycles. The van der Waals surface area contributed by atoms with Gasteiger partial charge in [0.2, 0.25) is 0 Å². The van der Waals surface area contributed by atoms with Crippen molar-refractivity contribution in [2.24, 2.45) is 11.8 Å². The van der Waals surface area contributed by atoms with Crippen LogP contribution in [0.3, 0.4) is 0 Å². The van der Waals surface area contributed by atoms with E-state index in [0.29, 0.717) is 0 Å². The van der Waals surface area contributed by atoms with E-state index < -0.39 is 0 Å². The van der Waals surface area contributed by atoms with Gasteiger partial charge in [-0.05, 0) is 56.9 Å². The fourth-order valence-electron chi connectivity index (χ4n) is 6.18. The quantitative estimate of drug-likeness (QED) is 0.815. The molecule has 4 aliphatic rings. The summed E-state index contributed by atoms with van der Waals surface area (Å²) < 4.78 is 2.46. The first kappa shape index (κ1) is 16.3. The van der Waals surface area contributed by atoms with Gasteiger partial charge in [0, 0.05) is 43.6 Å². The van der Waals surface area contributed by atoms with E-state index >= 15 is 0 Å². The lowest BCUT2D eigenvalue weighted by atomic mass is 9.71. The monoisotopic (exact) mass is 342 g/mol. The number of fused-ring (bicyclic) bond motifs is 4. The maximum atomic E-state index is 4.71. The van der Waals surface area contributed by atoms with Gasteiger partial charge in [0.1, 0.15) is 5.82 Å². The summed E-state index contributed by atoms with van der Waals surface area (Å²) in [6, 6.07) is 2.47. The first-order valence-electron chi connectivity index (χ1n) is 10.8. The minimum absolute atomic E-state index is 0.753. The van der Waals surface area contributed by atoms with Crippen LogP contribution in [-0.2, 0) is 6.54 Å². The molecule has 0 radical (unpaired) electrons. The molecule has 0 amide bonds. The van der Waals surface area contributed by atoms with E-state index in [2.05, 4.69) is 27.5 Å². The molecule has 25 heavy (non-hydrogen) atoms. The van der Waals surface area contributed by atoms with Crippen LogP contribution in [0.4, 0.5) is 0 Å². The summed E-state index contributed by atoms with van der Waals surface area (Å²) in [4.78, 5) is 10.4. The van der Waals surface area contributed by atoms with Crippen LogP contribution < -0.4 is 0 Å². The van der Waals surface area contributed by atoms with Gasteiger partial charge >= 0.3 is 0 Å². The molecule has 138 valence electrons. The molecule has 1 aliphatic carbocycles. The van der Waals surface area contributed by atoms with Crippen molar-refractivity contribution in [3.63, 3.8) is 0 Å². The van der Waals surface area contributed by atoms with Crippen LogP contribution in [0.5, 0.6) is 0 Å². The highest BCUT2D eigenvalue weighted by molar-refractivity contribution is 5.03.